The number of nitrogens with one attached hydrogen (secondary N) is 1. The normalized spacial score (nSPS) is 17.5. The number of hydrogen-bond acceptors (Lipinski definition) is 4. The smallest absolute Gasteiger partial charge is 0.247 e. The van der Waals surface area contributed by atoms with Gasteiger partial charge in [-0.2, -0.15) is 0 Å². The second kappa shape index (κ2) is 8.25. The van der Waals surface area contributed by atoms with Gasteiger partial charge in [-0.05, 0) is 37.3 Å². The quantitative estimate of drug-likeness (QED) is 0.540. The number of halogens is 2. The molecule has 1 unspecified atom stereocenters. The highest BCUT2D eigenvalue weighted by Crippen LogP contribution is 2.30. The summed E-state index contributed by atoms with van der Waals surface area (Å²) in [6, 6.07) is 6.17. The molecule has 1 atom stereocenters. The molecule has 0 bridgehead atoms. The van der Waals surface area contributed by atoms with Crippen LogP contribution in [0.15, 0.2) is 53.0 Å². The van der Waals surface area contributed by atoms with Crippen molar-refractivity contribution in [2.24, 2.45) is 5.92 Å². The van der Waals surface area contributed by atoms with Crippen LogP contribution in [0.1, 0.15) is 38.2 Å². The van der Waals surface area contributed by atoms with Crippen molar-refractivity contribution in [3.8, 4) is 0 Å². The summed E-state index contributed by atoms with van der Waals surface area (Å²) >= 11 is 0. The van der Waals surface area contributed by atoms with Gasteiger partial charge in [0.05, 0.1) is 4.90 Å². The number of carbonyl (C=O) groups is 1. The Morgan fingerprint density at radius 3 is 2.52 bits per heavy atom. The highest BCUT2D eigenvalue weighted by atomic mass is 32.2. The molecule has 0 aliphatic heterocycles. The van der Waals surface area contributed by atoms with Crippen LogP contribution >= 0.6 is 0 Å². The molecule has 0 radical (unpaired) electrons. The molecule has 0 heterocycles. The number of aryl methyl sites for hydroxylation is 1. The minimum absolute atomic E-state index is 0.0663. The Morgan fingerprint density at radius 2 is 1.96 bits per heavy atom. The van der Waals surface area contributed by atoms with E-state index in [1.165, 1.54) is 31.2 Å². The van der Waals surface area contributed by atoms with Crippen LogP contribution in [0.25, 0.3) is 0 Å². The van der Waals surface area contributed by atoms with Crippen molar-refractivity contribution >= 4 is 20.7 Å². The van der Waals surface area contributed by atoms with Gasteiger partial charge in [-0.15, -0.1) is 0 Å². The second-order valence-electron chi connectivity index (χ2n) is 6.69. The first-order valence-corrected chi connectivity index (χ1v) is 10.3. The number of hydrogen-bond donors (Lipinski definition) is 1. The van der Waals surface area contributed by atoms with Gasteiger partial charge in [-0.3, -0.25) is 10.2 Å². The fourth-order valence-corrected chi connectivity index (χ4v) is 4.17. The molecule has 1 aliphatic rings. The third-order valence-electron chi connectivity index (χ3n) is 4.71. The summed E-state index contributed by atoms with van der Waals surface area (Å²) in [7, 11) is -4.20. The van der Waals surface area contributed by atoms with Crippen molar-refractivity contribution in [2.75, 3.05) is 0 Å². The van der Waals surface area contributed by atoms with E-state index in [2.05, 4.69) is 0 Å². The van der Waals surface area contributed by atoms with Gasteiger partial charge < -0.3 is 0 Å². The first kappa shape index (κ1) is 21.2. The number of ketones is 1. The molecule has 0 aromatic heterocycles. The van der Waals surface area contributed by atoms with E-state index in [0.717, 1.165) is 0 Å². The zero-order valence-corrected chi connectivity index (χ0v) is 16.2. The van der Waals surface area contributed by atoms with Crippen molar-refractivity contribution in [2.45, 2.75) is 50.3 Å². The van der Waals surface area contributed by atoms with Gasteiger partial charge in [0, 0.05) is 18.4 Å². The monoisotopic (exact) mass is 395 g/mol. The Bertz CT molecular complexity index is 902. The SMILES string of the molecule is CCC(F)(F)CCC1C=CC(C(=O)C(=N)S(=O)(=O)c2ccccc2C)=CC1. The second-order valence-corrected chi connectivity index (χ2v) is 8.54. The largest absolute Gasteiger partial charge is 0.286 e. The van der Waals surface area contributed by atoms with Crippen LogP contribution < -0.4 is 0 Å². The highest BCUT2D eigenvalue weighted by molar-refractivity contribution is 8.08. The van der Waals surface area contributed by atoms with Crippen LogP contribution in [0, 0.1) is 18.3 Å². The molecule has 4 nitrogen and oxygen atoms in total. The molecule has 0 fully saturated rings. The topological polar surface area (TPSA) is 75.1 Å². The molecule has 0 spiro atoms. The van der Waals surface area contributed by atoms with Crippen molar-refractivity contribution in [1.29, 1.82) is 5.41 Å². The van der Waals surface area contributed by atoms with E-state index in [0.29, 0.717) is 12.0 Å². The molecule has 146 valence electrons. The summed E-state index contributed by atoms with van der Waals surface area (Å²) in [5, 5.41) is 6.91. The summed E-state index contributed by atoms with van der Waals surface area (Å²) in [6.07, 6.45) is 4.82. The van der Waals surface area contributed by atoms with Gasteiger partial charge in [0.1, 0.15) is 0 Å². The first-order valence-electron chi connectivity index (χ1n) is 8.78. The summed E-state index contributed by atoms with van der Waals surface area (Å²) in [6.45, 7) is 3.04. The molecular weight excluding hydrogens is 372 g/mol. The van der Waals surface area contributed by atoms with Crippen LogP contribution in [0.2, 0.25) is 0 Å². The van der Waals surface area contributed by atoms with Crippen molar-refractivity contribution in [3.63, 3.8) is 0 Å². The third-order valence-corrected chi connectivity index (χ3v) is 6.47. The van der Waals surface area contributed by atoms with Crippen LogP contribution in [0.5, 0.6) is 0 Å². The predicted octanol–water partition coefficient (Wildman–Crippen LogP) is 4.64. The van der Waals surface area contributed by atoms with E-state index in [4.69, 9.17) is 5.41 Å². The minimum atomic E-state index is -4.20. The van der Waals surface area contributed by atoms with Crippen LogP contribution in [0.3, 0.4) is 0 Å². The van der Waals surface area contributed by atoms with E-state index in [1.54, 1.807) is 25.1 Å². The zero-order chi connectivity index (χ0) is 20.2. The molecule has 1 N–H and O–H groups in total. The summed E-state index contributed by atoms with van der Waals surface area (Å²) in [5.41, 5.74) is 0.566. The first-order chi connectivity index (χ1) is 12.6. The van der Waals surface area contributed by atoms with Gasteiger partial charge in [-0.1, -0.05) is 43.4 Å². The lowest BCUT2D eigenvalue weighted by molar-refractivity contribution is -0.109. The van der Waals surface area contributed by atoms with E-state index in [-0.39, 0.29) is 35.6 Å². The van der Waals surface area contributed by atoms with E-state index in [9.17, 15) is 22.0 Å². The summed E-state index contributed by atoms with van der Waals surface area (Å²) in [5.74, 6) is -3.70. The molecule has 0 amide bonds. The fraction of sp³-hybridized carbons (Fsp3) is 0.400. The van der Waals surface area contributed by atoms with Crippen molar-refractivity contribution < 1.29 is 22.0 Å². The van der Waals surface area contributed by atoms with E-state index < -0.39 is 26.6 Å². The molecule has 0 saturated carbocycles. The van der Waals surface area contributed by atoms with Crippen LogP contribution in [-0.4, -0.2) is 25.2 Å². The van der Waals surface area contributed by atoms with E-state index >= 15 is 0 Å². The number of rotatable bonds is 7. The third kappa shape index (κ3) is 4.97. The molecule has 1 aromatic rings. The van der Waals surface area contributed by atoms with Crippen LogP contribution in [0.4, 0.5) is 8.78 Å². The lowest BCUT2D eigenvalue weighted by Crippen LogP contribution is -2.26. The van der Waals surface area contributed by atoms with Crippen LogP contribution in [-0.2, 0) is 14.6 Å². The Balaban J connectivity index is 2.08. The lowest BCUT2D eigenvalue weighted by atomic mass is 9.90. The maximum atomic E-state index is 13.4. The summed E-state index contributed by atoms with van der Waals surface area (Å²) < 4.78 is 51.8. The van der Waals surface area contributed by atoms with Gasteiger partial charge in [0.15, 0.2) is 5.04 Å². The number of sulfone groups is 1. The van der Waals surface area contributed by atoms with Crippen molar-refractivity contribution in [1.82, 2.24) is 0 Å². The standard InChI is InChI=1S/C20H23F2NO3S/c1-3-20(21,22)13-12-15-8-10-16(11-9-15)18(24)19(23)27(25,26)17-7-5-4-6-14(17)2/h4-8,10-11,15,23H,3,9,12-13H2,1-2H3. The maximum Gasteiger partial charge on any atom is 0.247 e. The van der Waals surface area contributed by atoms with Gasteiger partial charge in [0.2, 0.25) is 21.5 Å². The number of benzene rings is 1. The molecule has 27 heavy (non-hydrogen) atoms. The molecule has 2 rings (SSSR count). The minimum Gasteiger partial charge on any atom is -0.286 e. The Hall–Kier alpha value is -2.15. The average Bonchev–Trinajstić information content (AvgIpc) is 2.66. The maximum absolute atomic E-state index is 13.4. The van der Waals surface area contributed by atoms with E-state index in [1.807, 2.05) is 0 Å². The summed E-state index contributed by atoms with van der Waals surface area (Å²) in [4.78, 5) is 12.4. The highest BCUT2D eigenvalue weighted by Gasteiger charge is 2.31. The number of allylic oxidation sites excluding steroid dienone is 4. The zero-order valence-electron chi connectivity index (χ0n) is 15.3. The molecular formula is C20H23F2NO3S. The fourth-order valence-electron chi connectivity index (χ4n) is 2.84. The molecule has 1 aromatic carbocycles. The predicted molar refractivity (Wildman–Crippen MR) is 101 cm³/mol. The lowest BCUT2D eigenvalue weighted by Gasteiger charge is -2.19. The van der Waals surface area contributed by atoms with Crippen molar-refractivity contribution in [3.05, 3.63) is 53.6 Å². The molecule has 7 heteroatoms. The van der Waals surface area contributed by atoms with Gasteiger partial charge >= 0.3 is 0 Å². The Labute approximate surface area is 158 Å². The van der Waals surface area contributed by atoms with Gasteiger partial charge in [-0.25, -0.2) is 17.2 Å². The Morgan fingerprint density at radius 1 is 1.30 bits per heavy atom. The average molecular weight is 395 g/mol. The number of Topliss-reactive ketones (excluding diaryl/α,β-unsaturated/α-hetero) is 1. The number of carbonyl (C=O) groups excluding carboxylic acids is 1. The Kier molecular flexibility index (Phi) is 6.46. The molecule has 1 aliphatic carbocycles. The molecule has 0 saturated heterocycles. The van der Waals surface area contributed by atoms with Gasteiger partial charge in [0.25, 0.3) is 0 Å². The number of alkyl halides is 2.